The smallest absolute Gasteiger partial charge is 0.435 e. The van der Waals surface area contributed by atoms with Gasteiger partial charge in [-0.3, -0.25) is 0 Å². The predicted molar refractivity (Wildman–Crippen MR) is 109 cm³/mol. The lowest BCUT2D eigenvalue weighted by atomic mass is 10.0. The van der Waals surface area contributed by atoms with Crippen LogP contribution in [0, 0.1) is 0 Å². The molecule has 0 saturated carbocycles. The van der Waals surface area contributed by atoms with Gasteiger partial charge >= 0.3 is 6.18 Å². The molecule has 0 aliphatic carbocycles. The van der Waals surface area contributed by atoms with E-state index in [1.807, 2.05) is 13.8 Å². The minimum absolute atomic E-state index is 0.0588. The molecule has 10 heteroatoms. The zero-order chi connectivity index (χ0) is 22.1. The molecule has 0 radical (unpaired) electrons. The number of alkyl halides is 3. The fourth-order valence-electron chi connectivity index (χ4n) is 2.92. The molecule has 3 rings (SSSR count). The van der Waals surface area contributed by atoms with Crippen LogP contribution in [0.4, 0.5) is 18.9 Å². The standard InChI is InChI=1S/C20H18Cl2F3N3O2/c1-10(2)18-11(17(28-30-18)16-12(21)5-4-6-13(16)22)9-29-15-8-7-14(26-3)19(27-15)20(23,24)25/h4-8,10,26H,9H2,1-3H3. The van der Waals surface area contributed by atoms with E-state index in [9.17, 15) is 13.2 Å². The van der Waals surface area contributed by atoms with Crippen LogP contribution in [0.15, 0.2) is 34.9 Å². The lowest BCUT2D eigenvalue weighted by molar-refractivity contribution is -0.140. The van der Waals surface area contributed by atoms with Crippen LogP contribution < -0.4 is 10.1 Å². The van der Waals surface area contributed by atoms with Crippen LogP contribution in [0.3, 0.4) is 0 Å². The Bertz CT molecular complexity index is 1030. The predicted octanol–water partition coefficient (Wildman–Crippen LogP) is 6.81. The fourth-order valence-corrected chi connectivity index (χ4v) is 3.50. The van der Waals surface area contributed by atoms with Gasteiger partial charge in [-0.15, -0.1) is 0 Å². The maximum absolute atomic E-state index is 13.3. The Morgan fingerprint density at radius 1 is 1.13 bits per heavy atom. The van der Waals surface area contributed by atoms with Crippen molar-refractivity contribution < 1.29 is 22.4 Å². The third-order valence-corrected chi connectivity index (χ3v) is 4.94. The summed E-state index contributed by atoms with van der Waals surface area (Å²) in [7, 11) is 1.39. The molecule has 0 bridgehead atoms. The maximum atomic E-state index is 13.3. The minimum Gasteiger partial charge on any atom is -0.473 e. The largest absolute Gasteiger partial charge is 0.473 e. The molecule has 0 fully saturated rings. The van der Waals surface area contributed by atoms with E-state index in [0.717, 1.165) is 0 Å². The molecule has 0 atom stereocenters. The normalized spacial score (nSPS) is 11.8. The van der Waals surface area contributed by atoms with Crippen molar-refractivity contribution in [1.82, 2.24) is 10.1 Å². The van der Waals surface area contributed by atoms with E-state index in [1.165, 1.54) is 19.2 Å². The molecule has 1 N–H and O–H groups in total. The Labute approximate surface area is 181 Å². The van der Waals surface area contributed by atoms with Crippen LogP contribution in [0.5, 0.6) is 5.88 Å². The Morgan fingerprint density at radius 3 is 2.37 bits per heavy atom. The summed E-state index contributed by atoms with van der Waals surface area (Å²) in [6.45, 7) is 3.66. The van der Waals surface area contributed by atoms with Gasteiger partial charge in [0, 0.05) is 24.6 Å². The van der Waals surface area contributed by atoms with Crippen LogP contribution in [0.25, 0.3) is 11.3 Å². The van der Waals surface area contributed by atoms with Gasteiger partial charge in [0.25, 0.3) is 0 Å². The molecule has 0 unspecified atom stereocenters. The minimum atomic E-state index is -4.63. The highest BCUT2D eigenvalue weighted by atomic mass is 35.5. The number of benzene rings is 1. The molecule has 0 saturated heterocycles. The topological polar surface area (TPSA) is 60.2 Å². The summed E-state index contributed by atoms with van der Waals surface area (Å²) in [5.74, 6) is 0.272. The summed E-state index contributed by atoms with van der Waals surface area (Å²) < 4.78 is 50.8. The first-order chi connectivity index (χ1) is 14.1. The first-order valence-corrected chi connectivity index (χ1v) is 9.70. The molecule has 30 heavy (non-hydrogen) atoms. The van der Waals surface area contributed by atoms with Crippen LogP contribution in [-0.4, -0.2) is 17.2 Å². The van der Waals surface area contributed by atoms with Crippen molar-refractivity contribution in [3.63, 3.8) is 0 Å². The SMILES string of the molecule is CNc1ccc(OCc2c(-c3c(Cl)cccc3Cl)noc2C(C)C)nc1C(F)(F)F. The van der Waals surface area contributed by atoms with Crippen LogP contribution in [0.2, 0.25) is 10.0 Å². The second-order valence-corrected chi connectivity index (χ2v) is 7.52. The van der Waals surface area contributed by atoms with Crippen molar-refractivity contribution in [1.29, 1.82) is 0 Å². The summed E-state index contributed by atoms with van der Waals surface area (Å²) >= 11 is 12.6. The number of rotatable bonds is 6. The Morgan fingerprint density at radius 2 is 1.80 bits per heavy atom. The van der Waals surface area contributed by atoms with Crippen molar-refractivity contribution >= 4 is 28.9 Å². The van der Waals surface area contributed by atoms with Crippen LogP contribution in [0.1, 0.15) is 36.8 Å². The number of nitrogens with zero attached hydrogens (tertiary/aromatic N) is 2. The molecule has 2 aromatic heterocycles. The summed E-state index contributed by atoms with van der Waals surface area (Å²) in [6, 6.07) is 7.62. The van der Waals surface area contributed by atoms with E-state index in [-0.39, 0.29) is 24.1 Å². The Hall–Kier alpha value is -2.45. The number of halogens is 5. The number of hydrogen-bond acceptors (Lipinski definition) is 5. The lowest BCUT2D eigenvalue weighted by Crippen LogP contribution is -2.13. The van der Waals surface area contributed by atoms with Gasteiger partial charge in [0.2, 0.25) is 5.88 Å². The number of pyridine rings is 1. The number of hydrogen-bond donors (Lipinski definition) is 1. The van der Waals surface area contributed by atoms with Gasteiger partial charge in [-0.25, -0.2) is 4.98 Å². The number of ether oxygens (including phenoxy) is 1. The van der Waals surface area contributed by atoms with Gasteiger partial charge < -0.3 is 14.6 Å². The lowest BCUT2D eigenvalue weighted by Gasteiger charge is -2.14. The van der Waals surface area contributed by atoms with Gasteiger partial charge in [-0.1, -0.05) is 48.3 Å². The first-order valence-electron chi connectivity index (χ1n) is 8.95. The maximum Gasteiger partial charge on any atom is 0.435 e. The van der Waals surface area contributed by atoms with Crippen molar-refractivity contribution in [2.24, 2.45) is 0 Å². The molecule has 0 spiro atoms. The Kier molecular flexibility index (Phi) is 6.47. The van der Waals surface area contributed by atoms with E-state index in [0.29, 0.717) is 32.6 Å². The summed E-state index contributed by atoms with van der Waals surface area (Å²) in [6.07, 6.45) is -4.63. The zero-order valence-electron chi connectivity index (χ0n) is 16.3. The number of nitrogens with one attached hydrogen (secondary N) is 1. The molecule has 5 nitrogen and oxygen atoms in total. The third kappa shape index (κ3) is 4.49. The molecule has 3 aromatic rings. The molecule has 0 amide bonds. The Balaban J connectivity index is 1.99. The van der Waals surface area contributed by atoms with Gasteiger partial charge in [-0.05, 0) is 18.2 Å². The van der Waals surface area contributed by atoms with Crippen LogP contribution in [-0.2, 0) is 12.8 Å². The monoisotopic (exact) mass is 459 g/mol. The molecular weight excluding hydrogens is 442 g/mol. The zero-order valence-corrected chi connectivity index (χ0v) is 17.8. The van der Waals surface area contributed by atoms with Gasteiger partial charge in [0.05, 0.1) is 21.3 Å². The highest BCUT2D eigenvalue weighted by molar-refractivity contribution is 6.39. The van der Waals surface area contributed by atoms with E-state index < -0.39 is 11.9 Å². The average Bonchev–Trinajstić information content (AvgIpc) is 3.09. The van der Waals surface area contributed by atoms with Crippen molar-refractivity contribution in [3.05, 3.63) is 57.4 Å². The van der Waals surface area contributed by atoms with E-state index in [2.05, 4.69) is 15.5 Å². The summed E-state index contributed by atoms with van der Waals surface area (Å²) in [5.41, 5.74) is 0.160. The van der Waals surface area contributed by atoms with Crippen molar-refractivity contribution in [2.45, 2.75) is 32.5 Å². The summed E-state index contributed by atoms with van der Waals surface area (Å²) in [4.78, 5) is 3.61. The van der Waals surface area contributed by atoms with Gasteiger partial charge in [0.1, 0.15) is 18.1 Å². The average molecular weight is 460 g/mol. The molecule has 160 valence electrons. The third-order valence-electron chi connectivity index (χ3n) is 4.31. The van der Waals surface area contributed by atoms with Crippen molar-refractivity contribution in [3.8, 4) is 17.1 Å². The quantitative estimate of drug-likeness (QED) is 0.438. The highest BCUT2D eigenvalue weighted by Crippen LogP contribution is 2.39. The van der Waals surface area contributed by atoms with E-state index >= 15 is 0 Å². The van der Waals surface area contributed by atoms with E-state index in [1.54, 1.807) is 18.2 Å². The summed E-state index contributed by atoms with van der Waals surface area (Å²) in [5, 5.41) is 7.29. The second-order valence-electron chi connectivity index (χ2n) is 6.71. The van der Waals surface area contributed by atoms with Gasteiger partial charge in [-0.2, -0.15) is 13.2 Å². The molecule has 0 aliphatic heterocycles. The molecular formula is C20H18Cl2F3N3O2. The highest BCUT2D eigenvalue weighted by Gasteiger charge is 2.36. The van der Waals surface area contributed by atoms with Crippen LogP contribution >= 0.6 is 23.2 Å². The molecule has 1 aromatic carbocycles. The van der Waals surface area contributed by atoms with Gasteiger partial charge in [0.15, 0.2) is 5.69 Å². The van der Waals surface area contributed by atoms with Crippen molar-refractivity contribution in [2.75, 3.05) is 12.4 Å². The molecule has 0 aliphatic rings. The first kappa shape index (κ1) is 22.2. The number of anilines is 1. The second kappa shape index (κ2) is 8.73. The molecule has 2 heterocycles. The number of aromatic nitrogens is 2. The fraction of sp³-hybridized carbons (Fsp3) is 0.300. The van der Waals surface area contributed by atoms with E-state index in [4.69, 9.17) is 32.5 Å².